The van der Waals surface area contributed by atoms with Crippen molar-refractivity contribution < 1.29 is 0 Å². The normalized spacial score (nSPS) is 11.8. The first-order valence-electron chi connectivity index (χ1n) is 3.97. The Bertz CT molecular complexity index is 300. The van der Waals surface area contributed by atoms with Crippen LogP contribution < -0.4 is 0 Å². The third-order valence-electron chi connectivity index (χ3n) is 1.96. The topological polar surface area (TPSA) is 0 Å². The number of hydrogen-bond acceptors (Lipinski definition) is 0. The maximum Gasteiger partial charge on any atom is 0.160 e. The van der Waals surface area contributed by atoms with Crippen LogP contribution in [0.15, 0.2) is 12.1 Å². The van der Waals surface area contributed by atoms with Gasteiger partial charge in [-0.25, -0.2) is 0 Å². The fourth-order valence-corrected chi connectivity index (χ4v) is 3.50. The third kappa shape index (κ3) is 2.80. The molecule has 1 rings (SSSR count). The van der Waals surface area contributed by atoms with E-state index in [1.165, 1.54) is 22.3 Å². The predicted octanol–water partition coefficient (Wildman–Crippen LogP) is 4.91. The van der Waals surface area contributed by atoms with E-state index >= 15 is 0 Å². The highest BCUT2D eigenvalue weighted by atomic mass is 80.0. The Kier molecular flexibility index (Phi) is 3.64. The van der Waals surface area contributed by atoms with Gasteiger partial charge < -0.3 is 0 Å². The molecule has 0 heterocycles. The molecule has 0 fully saturated rings. The smallest absolute Gasteiger partial charge is 0.0560 e. The lowest BCUT2D eigenvalue weighted by molar-refractivity contribution is 1.19. The number of hydrogen-bond donors (Lipinski definition) is 0. The van der Waals surface area contributed by atoms with E-state index in [1.807, 2.05) is 0 Å². The monoisotopic (exact) mass is 368 g/mol. The van der Waals surface area contributed by atoms with E-state index < -0.39 is 0 Å². The summed E-state index contributed by atoms with van der Waals surface area (Å²) in [7, 11) is 0. The van der Waals surface area contributed by atoms with Crippen LogP contribution in [0.2, 0.25) is 0 Å². The minimum absolute atomic E-state index is 0.297. The first-order valence-corrected chi connectivity index (χ1v) is 6.35. The molecule has 0 spiro atoms. The molecule has 13 heavy (non-hydrogen) atoms. The van der Waals surface area contributed by atoms with Crippen molar-refractivity contribution in [1.82, 2.24) is 0 Å². The van der Waals surface area contributed by atoms with Gasteiger partial charge >= 0.3 is 0 Å². The van der Waals surface area contributed by atoms with Gasteiger partial charge in [0.2, 0.25) is 0 Å². The SMILES string of the molecule is Cc1cc(C)c(C(Br)(Br)Br)c(C)c1. The zero-order chi connectivity index (χ0) is 10.2. The molecule has 0 nitrogen and oxygen atoms in total. The average molecular weight is 371 g/mol. The van der Waals surface area contributed by atoms with Crippen molar-refractivity contribution in [3.63, 3.8) is 0 Å². The summed E-state index contributed by atoms with van der Waals surface area (Å²) in [4.78, 5) is 0. The van der Waals surface area contributed by atoms with Gasteiger partial charge in [-0.15, -0.1) is 0 Å². The Morgan fingerprint density at radius 3 is 1.62 bits per heavy atom. The second-order valence-electron chi connectivity index (χ2n) is 3.27. The second kappa shape index (κ2) is 4.03. The zero-order valence-corrected chi connectivity index (χ0v) is 12.5. The summed E-state index contributed by atoms with van der Waals surface area (Å²) < 4.78 is -0.297. The molecule has 72 valence electrons. The molecule has 0 unspecified atom stereocenters. The van der Waals surface area contributed by atoms with Crippen molar-refractivity contribution in [3.8, 4) is 0 Å². The van der Waals surface area contributed by atoms with E-state index in [0.29, 0.717) is 0 Å². The highest BCUT2D eigenvalue weighted by Crippen LogP contribution is 2.47. The molecular formula is C10H11Br3. The van der Waals surface area contributed by atoms with Gasteiger partial charge in [0, 0.05) is 0 Å². The van der Waals surface area contributed by atoms with Crippen LogP contribution >= 0.6 is 47.8 Å². The molecule has 3 heteroatoms. The van der Waals surface area contributed by atoms with Gasteiger partial charge in [0.1, 0.15) is 0 Å². The molecule has 0 amide bonds. The predicted molar refractivity (Wildman–Crippen MR) is 69.1 cm³/mol. The lowest BCUT2D eigenvalue weighted by Gasteiger charge is -2.19. The Labute approximate surface area is 104 Å². The van der Waals surface area contributed by atoms with Crippen LogP contribution in [0.5, 0.6) is 0 Å². The van der Waals surface area contributed by atoms with Crippen molar-refractivity contribution in [3.05, 3.63) is 34.4 Å². The highest BCUT2D eigenvalue weighted by Gasteiger charge is 2.24. The van der Waals surface area contributed by atoms with E-state index in [1.54, 1.807) is 0 Å². The maximum atomic E-state index is 3.55. The Balaban J connectivity index is 3.38. The number of benzene rings is 1. The van der Waals surface area contributed by atoms with Crippen molar-refractivity contribution in [2.45, 2.75) is 22.9 Å². The van der Waals surface area contributed by atoms with E-state index in [0.717, 1.165) is 0 Å². The molecule has 0 saturated heterocycles. The Morgan fingerprint density at radius 2 is 1.31 bits per heavy atom. The summed E-state index contributed by atoms with van der Waals surface area (Å²) in [6, 6.07) is 4.36. The summed E-state index contributed by atoms with van der Waals surface area (Å²) in [5.74, 6) is 0. The van der Waals surface area contributed by atoms with Crippen molar-refractivity contribution >= 4 is 47.8 Å². The second-order valence-corrected chi connectivity index (χ2v) is 10.0. The van der Waals surface area contributed by atoms with E-state index in [4.69, 9.17) is 0 Å². The summed E-state index contributed by atoms with van der Waals surface area (Å²) in [5, 5.41) is 0. The molecule has 0 bridgehead atoms. The van der Waals surface area contributed by atoms with E-state index in [2.05, 4.69) is 80.7 Å². The Hall–Kier alpha value is 0.660. The van der Waals surface area contributed by atoms with Crippen LogP contribution in [0.25, 0.3) is 0 Å². The number of aryl methyl sites for hydroxylation is 3. The molecule has 0 radical (unpaired) electrons. The van der Waals surface area contributed by atoms with E-state index in [9.17, 15) is 0 Å². The van der Waals surface area contributed by atoms with Gasteiger partial charge in [-0.2, -0.15) is 0 Å². The molecule has 0 aliphatic rings. The quantitative estimate of drug-likeness (QED) is 0.569. The molecular weight excluding hydrogens is 360 g/mol. The summed E-state index contributed by atoms with van der Waals surface area (Å²) in [6.45, 7) is 6.35. The molecule has 0 N–H and O–H groups in total. The minimum Gasteiger partial charge on any atom is -0.0560 e. The maximum absolute atomic E-state index is 3.55. The Morgan fingerprint density at radius 1 is 0.923 bits per heavy atom. The average Bonchev–Trinajstić information content (AvgIpc) is 1.78. The van der Waals surface area contributed by atoms with Crippen molar-refractivity contribution in [1.29, 1.82) is 0 Å². The lowest BCUT2D eigenvalue weighted by Crippen LogP contribution is -2.04. The molecule has 0 saturated carbocycles. The van der Waals surface area contributed by atoms with Crippen LogP contribution in [0.3, 0.4) is 0 Å². The first-order chi connectivity index (χ1) is 5.82. The summed E-state index contributed by atoms with van der Waals surface area (Å²) in [5.41, 5.74) is 5.11. The molecule has 1 aromatic carbocycles. The van der Waals surface area contributed by atoms with Crippen molar-refractivity contribution in [2.24, 2.45) is 0 Å². The van der Waals surface area contributed by atoms with Gasteiger partial charge in [-0.1, -0.05) is 65.5 Å². The molecule has 0 aliphatic heterocycles. The minimum atomic E-state index is -0.297. The summed E-state index contributed by atoms with van der Waals surface area (Å²) >= 11 is 10.6. The lowest BCUT2D eigenvalue weighted by atomic mass is 10.0. The fraction of sp³-hybridized carbons (Fsp3) is 0.400. The zero-order valence-electron chi connectivity index (χ0n) is 7.79. The van der Waals surface area contributed by atoms with Gasteiger partial charge in [0.05, 0.1) is 0 Å². The van der Waals surface area contributed by atoms with Gasteiger partial charge in [0.25, 0.3) is 0 Å². The highest BCUT2D eigenvalue weighted by molar-refractivity contribution is 9.38. The summed E-state index contributed by atoms with van der Waals surface area (Å²) in [6.07, 6.45) is 0. The fourth-order valence-electron chi connectivity index (χ4n) is 1.63. The van der Waals surface area contributed by atoms with Gasteiger partial charge in [-0.05, 0) is 37.5 Å². The van der Waals surface area contributed by atoms with Gasteiger partial charge in [0.15, 0.2) is 2.14 Å². The largest absolute Gasteiger partial charge is 0.160 e. The molecule has 0 aliphatic carbocycles. The standard InChI is InChI=1S/C10H11Br3/c1-6-4-7(2)9(8(3)5-6)10(11,12)13/h4-5H,1-3H3. The van der Waals surface area contributed by atoms with Crippen LogP contribution in [-0.4, -0.2) is 0 Å². The number of halogens is 3. The van der Waals surface area contributed by atoms with E-state index in [-0.39, 0.29) is 2.14 Å². The first kappa shape index (κ1) is 11.7. The third-order valence-corrected chi connectivity index (χ3v) is 3.15. The molecule has 1 aromatic rings. The molecule has 0 atom stereocenters. The van der Waals surface area contributed by atoms with Crippen LogP contribution in [0, 0.1) is 20.8 Å². The van der Waals surface area contributed by atoms with Gasteiger partial charge in [-0.3, -0.25) is 0 Å². The van der Waals surface area contributed by atoms with Crippen LogP contribution in [-0.2, 0) is 2.14 Å². The van der Waals surface area contributed by atoms with Crippen LogP contribution in [0.4, 0.5) is 0 Å². The number of alkyl halides is 3. The molecule has 0 aromatic heterocycles. The number of rotatable bonds is 0. The van der Waals surface area contributed by atoms with Crippen LogP contribution in [0.1, 0.15) is 22.3 Å². The van der Waals surface area contributed by atoms with Crippen molar-refractivity contribution in [2.75, 3.05) is 0 Å².